The van der Waals surface area contributed by atoms with E-state index >= 15 is 0 Å². The van der Waals surface area contributed by atoms with E-state index in [0.29, 0.717) is 17.9 Å². The smallest absolute Gasteiger partial charge is 0.243 e. The van der Waals surface area contributed by atoms with Gasteiger partial charge >= 0.3 is 0 Å². The van der Waals surface area contributed by atoms with E-state index in [2.05, 4.69) is 0 Å². The molecule has 0 amide bonds. The van der Waals surface area contributed by atoms with Gasteiger partial charge in [0.25, 0.3) is 0 Å². The molecule has 0 bridgehead atoms. The fourth-order valence-electron chi connectivity index (χ4n) is 2.52. The molecule has 6 heteroatoms. The third kappa shape index (κ3) is 3.95. The van der Waals surface area contributed by atoms with Crippen LogP contribution >= 0.6 is 0 Å². The lowest BCUT2D eigenvalue weighted by Crippen LogP contribution is -2.36. The summed E-state index contributed by atoms with van der Waals surface area (Å²) in [6, 6.07) is 14.2. The summed E-state index contributed by atoms with van der Waals surface area (Å²) in [5.74, 6) is 0.593. The molecule has 0 saturated carbocycles. The van der Waals surface area contributed by atoms with E-state index in [1.807, 2.05) is 44.2 Å². The average molecular weight is 348 g/mol. The molecule has 0 atom stereocenters. The van der Waals surface area contributed by atoms with Crippen molar-refractivity contribution >= 4 is 10.0 Å². The van der Waals surface area contributed by atoms with Crippen molar-refractivity contribution in [2.24, 2.45) is 5.73 Å². The highest BCUT2D eigenvalue weighted by molar-refractivity contribution is 7.89. The van der Waals surface area contributed by atoms with Gasteiger partial charge in [-0.3, -0.25) is 0 Å². The van der Waals surface area contributed by atoms with Crippen molar-refractivity contribution in [2.45, 2.75) is 37.9 Å². The van der Waals surface area contributed by atoms with E-state index in [-0.39, 0.29) is 17.5 Å². The van der Waals surface area contributed by atoms with Crippen LogP contribution in [-0.4, -0.2) is 25.9 Å². The minimum Gasteiger partial charge on any atom is -0.496 e. The second-order valence-electron chi connectivity index (χ2n) is 5.81. The first-order chi connectivity index (χ1) is 11.4. The first kappa shape index (κ1) is 18.4. The van der Waals surface area contributed by atoms with Gasteiger partial charge in [-0.05, 0) is 37.6 Å². The molecule has 0 aliphatic rings. The van der Waals surface area contributed by atoms with E-state index in [0.717, 1.165) is 5.56 Å². The van der Waals surface area contributed by atoms with Gasteiger partial charge in [0.05, 0.1) is 12.0 Å². The van der Waals surface area contributed by atoms with Crippen LogP contribution in [0.15, 0.2) is 53.4 Å². The number of hydrogen-bond acceptors (Lipinski definition) is 4. The minimum atomic E-state index is -3.63. The van der Waals surface area contributed by atoms with E-state index in [4.69, 9.17) is 10.5 Å². The number of nitrogens with zero attached hydrogens (tertiary/aromatic N) is 1. The topological polar surface area (TPSA) is 72.6 Å². The fraction of sp³-hybridized carbons (Fsp3) is 0.333. The van der Waals surface area contributed by atoms with Gasteiger partial charge < -0.3 is 10.5 Å². The normalized spacial score (nSPS) is 11.9. The van der Waals surface area contributed by atoms with Crippen molar-refractivity contribution in [3.05, 3.63) is 59.7 Å². The number of rotatable bonds is 7. The van der Waals surface area contributed by atoms with Gasteiger partial charge in [0.1, 0.15) is 5.75 Å². The number of nitrogens with two attached hydrogens (primary N) is 1. The van der Waals surface area contributed by atoms with Crippen LogP contribution in [0.25, 0.3) is 0 Å². The standard InChI is InChI=1S/C18H24N2O3S/c1-14(2)20(13-15-7-5-4-6-8-15)24(21,22)17-9-10-18(23-3)16(11-17)12-19/h4-11,14H,12-13,19H2,1-3H3. The molecule has 0 radical (unpaired) electrons. The van der Waals surface area contributed by atoms with Gasteiger partial charge in [0.15, 0.2) is 0 Å². The van der Waals surface area contributed by atoms with Crippen molar-refractivity contribution < 1.29 is 13.2 Å². The molecule has 0 aliphatic heterocycles. The molecule has 2 N–H and O–H groups in total. The zero-order valence-corrected chi connectivity index (χ0v) is 15.1. The molecular formula is C18H24N2O3S. The third-order valence-electron chi connectivity index (χ3n) is 3.84. The van der Waals surface area contributed by atoms with Crippen LogP contribution in [0, 0.1) is 0 Å². The Hall–Kier alpha value is -1.89. The van der Waals surface area contributed by atoms with E-state index in [9.17, 15) is 8.42 Å². The summed E-state index contributed by atoms with van der Waals surface area (Å²) in [5, 5.41) is 0. The summed E-state index contributed by atoms with van der Waals surface area (Å²) < 4.78 is 32.9. The molecule has 0 fully saturated rings. The fourth-order valence-corrected chi connectivity index (χ4v) is 4.19. The summed E-state index contributed by atoms with van der Waals surface area (Å²) in [6.07, 6.45) is 0. The van der Waals surface area contributed by atoms with Crippen LogP contribution in [-0.2, 0) is 23.1 Å². The van der Waals surface area contributed by atoms with E-state index in [1.54, 1.807) is 25.3 Å². The molecule has 0 heterocycles. The van der Waals surface area contributed by atoms with Gasteiger partial charge in [0, 0.05) is 24.7 Å². The van der Waals surface area contributed by atoms with Crippen molar-refractivity contribution in [2.75, 3.05) is 7.11 Å². The monoisotopic (exact) mass is 348 g/mol. The Kier molecular flexibility index (Phi) is 5.99. The molecule has 0 aliphatic carbocycles. The highest BCUT2D eigenvalue weighted by atomic mass is 32.2. The molecular weight excluding hydrogens is 324 g/mol. The van der Waals surface area contributed by atoms with Gasteiger partial charge in [-0.25, -0.2) is 8.42 Å². The summed E-state index contributed by atoms with van der Waals surface area (Å²) in [7, 11) is -2.09. The Bertz CT molecular complexity index is 774. The van der Waals surface area contributed by atoms with Gasteiger partial charge in [0.2, 0.25) is 10.0 Å². The number of methoxy groups -OCH3 is 1. The Morgan fingerprint density at radius 1 is 1.12 bits per heavy atom. The predicted octanol–water partition coefficient (Wildman–Crippen LogP) is 2.75. The largest absolute Gasteiger partial charge is 0.496 e. The Morgan fingerprint density at radius 3 is 2.33 bits per heavy atom. The molecule has 0 spiro atoms. The molecule has 2 rings (SSSR count). The molecule has 2 aromatic carbocycles. The van der Waals surface area contributed by atoms with Gasteiger partial charge in [-0.2, -0.15) is 4.31 Å². The Labute approximate surface area is 144 Å². The van der Waals surface area contributed by atoms with Crippen LogP contribution in [0.3, 0.4) is 0 Å². The van der Waals surface area contributed by atoms with E-state index < -0.39 is 10.0 Å². The quantitative estimate of drug-likeness (QED) is 0.835. The molecule has 130 valence electrons. The number of ether oxygens (including phenoxy) is 1. The zero-order valence-electron chi connectivity index (χ0n) is 14.3. The maximum absolute atomic E-state index is 13.1. The lowest BCUT2D eigenvalue weighted by Gasteiger charge is -2.26. The summed E-state index contributed by atoms with van der Waals surface area (Å²) >= 11 is 0. The van der Waals surface area contributed by atoms with E-state index in [1.165, 1.54) is 4.31 Å². The highest BCUT2D eigenvalue weighted by Crippen LogP contribution is 2.26. The molecule has 0 unspecified atom stereocenters. The zero-order chi connectivity index (χ0) is 17.7. The van der Waals surface area contributed by atoms with Crippen LogP contribution in [0.4, 0.5) is 0 Å². The average Bonchev–Trinajstić information content (AvgIpc) is 2.59. The first-order valence-corrected chi connectivity index (χ1v) is 9.27. The van der Waals surface area contributed by atoms with Crippen molar-refractivity contribution in [1.29, 1.82) is 0 Å². The minimum absolute atomic E-state index is 0.168. The maximum Gasteiger partial charge on any atom is 0.243 e. The van der Waals surface area contributed by atoms with Gasteiger partial charge in [-0.15, -0.1) is 0 Å². The summed E-state index contributed by atoms with van der Waals surface area (Å²) in [6.45, 7) is 4.28. The summed E-state index contributed by atoms with van der Waals surface area (Å²) in [5.41, 5.74) is 7.32. The van der Waals surface area contributed by atoms with Crippen LogP contribution in [0.5, 0.6) is 5.75 Å². The lowest BCUT2D eigenvalue weighted by molar-refractivity contribution is 0.348. The molecule has 2 aromatic rings. The molecule has 0 saturated heterocycles. The number of sulfonamides is 1. The Balaban J connectivity index is 2.41. The Morgan fingerprint density at radius 2 is 1.79 bits per heavy atom. The first-order valence-electron chi connectivity index (χ1n) is 7.83. The second kappa shape index (κ2) is 7.79. The van der Waals surface area contributed by atoms with Crippen molar-refractivity contribution in [3.63, 3.8) is 0 Å². The highest BCUT2D eigenvalue weighted by Gasteiger charge is 2.27. The number of hydrogen-bond donors (Lipinski definition) is 1. The maximum atomic E-state index is 13.1. The van der Waals surface area contributed by atoms with Crippen LogP contribution in [0.2, 0.25) is 0 Å². The van der Waals surface area contributed by atoms with Crippen molar-refractivity contribution in [3.8, 4) is 5.75 Å². The van der Waals surface area contributed by atoms with Crippen molar-refractivity contribution in [1.82, 2.24) is 4.31 Å². The molecule has 0 aromatic heterocycles. The number of benzene rings is 2. The van der Waals surface area contributed by atoms with Gasteiger partial charge in [-0.1, -0.05) is 30.3 Å². The second-order valence-corrected chi connectivity index (χ2v) is 7.70. The predicted molar refractivity (Wildman–Crippen MR) is 95.2 cm³/mol. The molecule has 24 heavy (non-hydrogen) atoms. The van der Waals surface area contributed by atoms with Crippen LogP contribution in [0.1, 0.15) is 25.0 Å². The lowest BCUT2D eigenvalue weighted by atomic mass is 10.2. The van der Waals surface area contributed by atoms with Crippen LogP contribution < -0.4 is 10.5 Å². The SMILES string of the molecule is COc1ccc(S(=O)(=O)N(Cc2ccccc2)C(C)C)cc1CN. The summed E-state index contributed by atoms with van der Waals surface area (Å²) in [4.78, 5) is 0.230. The third-order valence-corrected chi connectivity index (χ3v) is 5.85. The molecule has 5 nitrogen and oxygen atoms in total.